The first-order valence-electron chi connectivity index (χ1n) is 4.70. The summed E-state index contributed by atoms with van der Waals surface area (Å²) in [6.45, 7) is 0. The molecule has 1 heterocycles. The lowest BCUT2D eigenvalue weighted by molar-refractivity contribution is 0.414. The summed E-state index contributed by atoms with van der Waals surface area (Å²) in [4.78, 5) is 4.18. The third-order valence-electron chi connectivity index (χ3n) is 2.20. The zero-order valence-corrected chi connectivity index (χ0v) is 8.77. The average molecular weight is 203 g/mol. The van der Waals surface area contributed by atoms with Crippen molar-refractivity contribution in [2.24, 2.45) is 0 Å². The third kappa shape index (κ3) is 1.79. The van der Waals surface area contributed by atoms with Gasteiger partial charge < -0.3 is 10.1 Å². The van der Waals surface area contributed by atoms with E-state index in [2.05, 4.69) is 10.3 Å². The molecule has 0 amide bonds. The first kappa shape index (κ1) is 9.58. The summed E-state index contributed by atoms with van der Waals surface area (Å²) >= 11 is 0. The molecule has 1 aromatic heterocycles. The number of methoxy groups -OCH3 is 1. The molecule has 1 aromatic carbocycles. The maximum Gasteiger partial charge on any atom is 0.207 e. The van der Waals surface area contributed by atoms with Crippen molar-refractivity contribution >= 4 is 5.95 Å². The van der Waals surface area contributed by atoms with Gasteiger partial charge in [0.25, 0.3) is 0 Å². The predicted molar refractivity (Wildman–Crippen MR) is 59.7 cm³/mol. The standard InChI is InChI=1S/C11H13N3O/c1-12-11-13-6-7-14(11)9-4-3-5-10(8-9)15-2/h3-8H,1-2H3,(H,12,13). The molecule has 2 rings (SSSR count). The van der Waals surface area contributed by atoms with Crippen LogP contribution < -0.4 is 10.1 Å². The lowest BCUT2D eigenvalue weighted by atomic mass is 10.3. The maximum atomic E-state index is 5.17. The summed E-state index contributed by atoms with van der Waals surface area (Å²) in [5.41, 5.74) is 1.02. The number of nitrogens with zero attached hydrogens (tertiary/aromatic N) is 2. The summed E-state index contributed by atoms with van der Waals surface area (Å²) in [5.74, 6) is 1.64. The third-order valence-corrected chi connectivity index (χ3v) is 2.20. The van der Waals surface area contributed by atoms with Crippen molar-refractivity contribution in [3.8, 4) is 11.4 Å². The van der Waals surface area contributed by atoms with E-state index in [-0.39, 0.29) is 0 Å². The van der Waals surface area contributed by atoms with E-state index in [4.69, 9.17) is 4.74 Å². The van der Waals surface area contributed by atoms with Crippen molar-refractivity contribution < 1.29 is 4.74 Å². The van der Waals surface area contributed by atoms with Crippen molar-refractivity contribution in [3.05, 3.63) is 36.7 Å². The van der Waals surface area contributed by atoms with Crippen LogP contribution in [0.1, 0.15) is 0 Å². The Labute approximate surface area is 88.5 Å². The molecule has 0 aliphatic carbocycles. The zero-order valence-electron chi connectivity index (χ0n) is 8.77. The molecule has 0 aliphatic rings. The molecule has 0 bridgehead atoms. The Kier molecular flexibility index (Phi) is 2.58. The molecule has 2 aromatic rings. The van der Waals surface area contributed by atoms with Crippen molar-refractivity contribution in [1.82, 2.24) is 9.55 Å². The average Bonchev–Trinajstić information content (AvgIpc) is 2.77. The SMILES string of the molecule is CNc1nccn1-c1cccc(OC)c1. The molecular weight excluding hydrogens is 190 g/mol. The van der Waals surface area contributed by atoms with Crippen LogP contribution >= 0.6 is 0 Å². The first-order chi connectivity index (χ1) is 7.35. The molecule has 0 saturated carbocycles. The zero-order chi connectivity index (χ0) is 10.7. The van der Waals surface area contributed by atoms with Crippen LogP contribution in [0.15, 0.2) is 36.7 Å². The predicted octanol–water partition coefficient (Wildman–Crippen LogP) is 1.92. The molecule has 0 saturated heterocycles. The molecule has 0 aliphatic heterocycles. The Bertz CT molecular complexity index is 451. The molecule has 0 spiro atoms. The molecule has 1 N–H and O–H groups in total. The molecule has 78 valence electrons. The lowest BCUT2D eigenvalue weighted by Crippen LogP contribution is -2.00. The van der Waals surface area contributed by atoms with Gasteiger partial charge in [0.2, 0.25) is 5.95 Å². The highest BCUT2D eigenvalue weighted by molar-refractivity contribution is 5.45. The number of benzene rings is 1. The minimum atomic E-state index is 0.809. The van der Waals surface area contributed by atoms with Crippen LogP contribution in [0.25, 0.3) is 5.69 Å². The van der Waals surface area contributed by atoms with Crippen LogP contribution in [0.4, 0.5) is 5.95 Å². The summed E-state index contributed by atoms with van der Waals surface area (Å²) in [6.07, 6.45) is 3.66. The number of ether oxygens (including phenoxy) is 1. The van der Waals surface area contributed by atoms with Crippen LogP contribution in [-0.2, 0) is 0 Å². The van der Waals surface area contributed by atoms with E-state index in [1.54, 1.807) is 13.3 Å². The Morgan fingerprint density at radius 1 is 1.40 bits per heavy atom. The Hall–Kier alpha value is -1.97. The quantitative estimate of drug-likeness (QED) is 0.828. The van der Waals surface area contributed by atoms with Gasteiger partial charge in [-0.3, -0.25) is 4.57 Å². The van der Waals surface area contributed by atoms with Crippen molar-refractivity contribution in [3.63, 3.8) is 0 Å². The van der Waals surface area contributed by atoms with Gasteiger partial charge in [-0.1, -0.05) is 6.07 Å². The van der Waals surface area contributed by atoms with Gasteiger partial charge in [0.05, 0.1) is 12.8 Å². The number of nitrogens with one attached hydrogen (secondary N) is 1. The summed E-state index contributed by atoms with van der Waals surface area (Å²) in [6, 6.07) is 7.83. The number of anilines is 1. The van der Waals surface area contributed by atoms with E-state index in [0.29, 0.717) is 0 Å². The topological polar surface area (TPSA) is 39.1 Å². The van der Waals surface area contributed by atoms with Gasteiger partial charge in [0.15, 0.2) is 0 Å². The van der Waals surface area contributed by atoms with Gasteiger partial charge in [-0.25, -0.2) is 4.98 Å². The first-order valence-corrected chi connectivity index (χ1v) is 4.70. The Morgan fingerprint density at radius 3 is 3.00 bits per heavy atom. The molecule has 4 heteroatoms. The van der Waals surface area contributed by atoms with Crippen molar-refractivity contribution in [2.75, 3.05) is 19.5 Å². The van der Waals surface area contributed by atoms with Gasteiger partial charge in [-0.2, -0.15) is 0 Å². The van der Waals surface area contributed by atoms with Crippen LogP contribution in [0, 0.1) is 0 Å². The number of aromatic nitrogens is 2. The minimum Gasteiger partial charge on any atom is -0.497 e. The molecule has 0 atom stereocenters. The fourth-order valence-electron chi connectivity index (χ4n) is 1.46. The molecule has 0 unspecified atom stereocenters. The molecule has 15 heavy (non-hydrogen) atoms. The summed E-state index contributed by atoms with van der Waals surface area (Å²) in [5, 5.41) is 3.02. The van der Waals surface area contributed by atoms with Gasteiger partial charge in [-0.05, 0) is 12.1 Å². The fourth-order valence-corrected chi connectivity index (χ4v) is 1.46. The minimum absolute atomic E-state index is 0.809. The van der Waals surface area contributed by atoms with Crippen LogP contribution in [0.2, 0.25) is 0 Å². The maximum absolute atomic E-state index is 5.17. The van der Waals surface area contributed by atoms with Gasteiger partial charge in [0.1, 0.15) is 5.75 Å². The number of hydrogen-bond donors (Lipinski definition) is 1. The van der Waals surface area contributed by atoms with Crippen LogP contribution in [0.3, 0.4) is 0 Å². The Morgan fingerprint density at radius 2 is 2.27 bits per heavy atom. The number of hydrogen-bond acceptors (Lipinski definition) is 3. The number of rotatable bonds is 3. The highest BCUT2D eigenvalue weighted by Crippen LogP contribution is 2.19. The second-order valence-corrected chi connectivity index (χ2v) is 3.07. The van der Waals surface area contributed by atoms with E-state index in [9.17, 15) is 0 Å². The van der Waals surface area contributed by atoms with E-state index in [0.717, 1.165) is 17.4 Å². The monoisotopic (exact) mass is 203 g/mol. The van der Waals surface area contributed by atoms with E-state index in [1.807, 2.05) is 42.1 Å². The second-order valence-electron chi connectivity index (χ2n) is 3.07. The highest BCUT2D eigenvalue weighted by Gasteiger charge is 2.03. The fraction of sp³-hybridized carbons (Fsp3) is 0.182. The lowest BCUT2D eigenvalue weighted by Gasteiger charge is -2.08. The number of imidazole rings is 1. The van der Waals surface area contributed by atoms with Crippen molar-refractivity contribution in [2.45, 2.75) is 0 Å². The van der Waals surface area contributed by atoms with E-state index >= 15 is 0 Å². The smallest absolute Gasteiger partial charge is 0.207 e. The Balaban J connectivity index is 2.44. The van der Waals surface area contributed by atoms with E-state index in [1.165, 1.54) is 0 Å². The normalized spacial score (nSPS) is 10.0. The molecule has 0 fully saturated rings. The van der Waals surface area contributed by atoms with Crippen molar-refractivity contribution in [1.29, 1.82) is 0 Å². The van der Waals surface area contributed by atoms with Gasteiger partial charge in [0, 0.05) is 25.5 Å². The summed E-state index contributed by atoms with van der Waals surface area (Å²) in [7, 11) is 3.50. The largest absolute Gasteiger partial charge is 0.497 e. The summed E-state index contributed by atoms with van der Waals surface area (Å²) < 4.78 is 7.13. The highest BCUT2D eigenvalue weighted by atomic mass is 16.5. The second kappa shape index (κ2) is 4.04. The van der Waals surface area contributed by atoms with Crippen LogP contribution in [0.5, 0.6) is 5.75 Å². The molecule has 4 nitrogen and oxygen atoms in total. The van der Waals surface area contributed by atoms with E-state index < -0.39 is 0 Å². The molecular formula is C11H13N3O. The van der Waals surface area contributed by atoms with Gasteiger partial charge >= 0.3 is 0 Å². The van der Waals surface area contributed by atoms with Gasteiger partial charge in [-0.15, -0.1) is 0 Å². The van der Waals surface area contributed by atoms with Crippen LogP contribution in [-0.4, -0.2) is 23.7 Å². The molecule has 0 radical (unpaired) electrons.